The Kier molecular flexibility index (Phi) is 6.55. The lowest BCUT2D eigenvalue weighted by Crippen LogP contribution is -2.43. The molecule has 9 heteroatoms. The summed E-state index contributed by atoms with van der Waals surface area (Å²) in [6.07, 6.45) is 0. The van der Waals surface area contributed by atoms with Crippen LogP contribution < -0.4 is 9.46 Å². The number of hydrogen-bond donors (Lipinski definition) is 1. The van der Waals surface area contributed by atoms with Crippen molar-refractivity contribution in [2.75, 3.05) is 40.0 Å². The molecule has 2 aromatic rings. The predicted molar refractivity (Wildman–Crippen MR) is 103 cm³/mol. The van der Waals surface area contributed by atoms with Gasteiger partial charge in [0, 0.05) is 25.7 Å². The summed E-state index contributed by atoms with van der Waals surface area (Å²) >= 11 is 6.92. The zero-order valence-electron chi connectivity index (χ0n) is 14.4. The number of rotatable bonds is 7. The summed E-state index contributed by atoms with van der Waals surface area (Å²) in [5.41, 5.74) is 0.998. The first-order valence-corrected chi connectivity index (χ1v) is 10.9. The average molecular weight is 417 g/mol. The number of benzene rings is 1. The number of nitrogens with zero attached hydrogens (tertiary/aromatic N) is 1. The Hall–Kier alpha value is -1.16. The summed E-state index contributed by atoms with van der Waals surface area (Å²) in [4.78, 5) is 2.22. The average Bonchev–Trinajstić information content (AvgIpc) is 3.10. The number of halogens is 1. The topological polar surface area (TPSA) is 67.9 Å². The Balaban J connectivity index is 1.81. The zero-order valence-corrected chi connectivity index (χ0v) is 16.7. The van der Waals surface area contributed by atoms with Gasteiger partial charge in [-0.05, 0) is 29.8 Å². The van der Waals surface area contributed by atoms with E-state index in [1.54, 1.807) is 13.2 Å². The van der Waals surface area contributed by atoms with Crippen LogP contribution in [0.2, 0.25) is 4.34 Å². The van der Waals surface area contributed by atoms with E-state index >= 15 is 0 Å². The van der Waals surface area contributed by atoms with Crippen molar-refractivity contribution in [3.8, 4) is 5.75 Å². The van der Waals surface area contributed by atoms with Crippen molar-refractivity contribution in [3.63, 3.8) is 0 Å². The molecule has 2 heterocycles. The maximum atomic E-state index is 12.6. The van der Waals surface area contributed by atoms with Crippen LogP contribution in [0.5, 0.6) is 5.75 Å². The minimum atomic E-state index is -3.60. The highest BCUT2D eigenvalue weighted by atomic mass is 35.5. The van der Waals surface area contributed by atoms with Gasteiger partial charge in [0.15, 0.2) is 0 Å². The molecule has 0 amide bonds. The van der Waals surface area contributed by atoms with E-state index in [0.717, 1.165) is 35.7 Å². The number of sulfonamides is 1. The van der Waals surface area contributed by atoms with Crippen molar-refractivity contribution in [2.24, 2.45) is 0 Å². The molecule has 1 fully saturated rings. The summed E-state index contributed by atoms with van der Waals surface area (Å²) in [5.74, 6) is 0.744. The second kappa shape index (κ2) is 8.69. The van der Waals surface area contributed by atoms with E-state index in [1.165, 1.54) is 6.07 Å². The van der Waals surface area contributed by atoms with Gasteiger partial charge in [-0.1, -0.05) is 23.7 Å². The number of thiophene rings is 1. The number of nitrogens with one attached hydrogen (secondary N) is 1. The first-order valence-electron chi connectivity index (χ1n) is 8.20. The molecule has 26 heavy (non-hydrogen) atoms. The molecule has 142 valence electrons. The van der Waals surface area contributed by atoms with E-state index < -0.39 is 10.0 Å². The Labute approximate surface area is 162 Å². The lowest BCUT2D eigenvalue weighted by Gasteiger charge is -2.35. The predicted octanol–water partition coefficient (Wildman–Crippen LogP) is 2.76. The summed E-state index contributed by atoms with van der Waals surface area (Å²) in [5, 5.41) is 0. The number of ether oxygens (including phenoxy) is 2. The van der Waals surface area contributed by atoms with Gasteiger partial charge >= 0.3 is 0 Å². The van der Waals surface area contributed by atoms with E-state index in [1.807, 2.05) is 24.3 Å². The zero-order chi connectivity index (χ0) is 18.6. The van der Waals surface area contributed by atoms with Crippen LogP contribution in [0.25, 0.3) is 0 Å². The summed E-state index contributed by atoms with van der Waals surface area (Å²) in [7, 11) is -1.98. The molecule has 6 nitrogen and oxygen atoms in total. The van der Waals surface area contributed by atoms with E-state index in [0.29, 0.717) is 17.6 Å². The van der Waals surface area contributed by atoms with Crippen LogP contribution in [0.1, 0.15) is 11.6 Å². The van der Waals surface area contributed by atoms with Gasteiger partial charge in [0.2, 0.25) is 10.0 Å². The van der Waals surface area contributed by atoms with Gasteiger partial charge in [0.25, 0.3) is 0 Å². The van der Waals surface area contributed by atoms with Gasteiger partial charge in [0.1, 0.15) is 9.96 Å². The fraction of sp³-hybridized carbons (Fsp3) is 0.412. The largest absolute Gasteiger partial charge is 0.497 e. The Morgan fingerprint density at radius 1 is 1.31 bits per heavy atom. The van der Waals surface area contributed by atoms with Crippen LogP contribution in [-0.4, -0.2) is 53.3 Å². The minimum Gasteiger partial charge on any atom is -0.497 e. The molecule has 1 N–H and O–H groups in total. The highest BCUT2D eigenvalue weighted by molar-refractivity contribution is 7.91. The number of methoxy groups -OCH3 is 1. The van der Waals surface area contributed by atoms with Gasteiger partial charge in [-0.3, -0.25) is 4.90 Å². The molecule has 1 saturated heterocycles. The van der Waals surface area contributed by atoms with Crippen molar-refractivity contribution in [3.05, 3.63) is 46.3 Å². The highest BCUT2D eigenvalue weighted by Crippen LogP contribution is 2.28. The van der Waals surface area contributed by atoms with Gasteiger partial charge in [0.05, 0.1) is 24.7 Å². The van der Waals surface area contributed by atoms with Crippen molar-refractivity contribution in [1.29, 1.82) is 0 Å². The first kappa shape index (κ1) is 19.6. The van der Waals surface area contributed by atoms with Gasteiger partial charge in [-0.15, -0.1) is 11.3 Å². The molecule has 1 atom stereocenters. The molecule has 0 aliphatic carbocycles. The lowest BCUT2D eigenvalue weighted by atomic mass is 10.0. The molecule has 3 rings (SSSR count). The Morgan fingerprint density at radius 2 is 2.08 bits per heavy atom. The molecule has 0 radical (unpaired) electrons. The normalized spacial score (nSPS) is 17.2. The number of morpholine rings is 1. The Morgan fingerprint density at radius 3 is 2.73 bits per heavy atom. The minimum absolute atomic E-state index is 0.112. The maximum absolute atomic E-state index is 12.6. The van der Waals surface area contributed by atoms with Crippen LogP contribution in [0.3, 0.4) is 0 Å². The molecule has 1 unspecified atom stereocenters. The molecular weight excluding hydrogens is 396 g/mol. The molecule has 1 aromatic heterocycles. The third-order valence-electron chi connectivity index (χ3n) is 4.25. The SMILES string of the molecule is COc1cccc(C(CNS(=O)(=O)c2ccc(Cl)s2)N2CCOCC2)c1. The standard InChI is InChI=1S/C17H21ClN2O4S2/c1-23-14-4-2-3-13(11-14)15(20-7-9-24-10-8-20)12-19-26(21,22)17-6-5-16(18)25-17/h2-6,11,15,19H,7-10,12H2,1H3. The Bertz CT molecular complexity index is 835. The monoisotopic (exact) mass is 416 g/mol. The molecular formula is C17H21ClN2O4S2. The fourth-order valence-corrected chi connectivity index (χ4v) is 5.46. The molecule has 0 bridgehead atoms. The molecule has 1 aromatic carbocycles. The highest BCUT2D eigenvalue weighted by Gasteiger charge is 2.26. The lowest BCUT2D eigenvalue weighted by molar-refractivity contribution is 0.0171. The summed E-state index contributed by atoms with van der Waals surface area (Å²) in [6, 6.07) is 10.7. The van der Waals surface area contributed by atoms with Gasteiger partial charge in [-0.2, -0.15) is 0 Å². The third-order valence-corrected chi connectivity index (χ3v) is 7.39. The van der Waals surface area contributed by atoms with Crippen LogP contribution in [0, 0.1) is 0 Å². The van der Waals surface area contributed by atoms with E-state index in [2.05, 4.69) is 9.62 Å². The molecule has 1 aliphatic rings. The maximum Gasteiger partial charge on any atom is 0.250 e. The van der Waals surface area contributed by atoms with Crippen LogP contribution >= 0.6 is 22.9 Å². The quantitative estimate of drug-likeness (QED) is 0.751. The summed E-state index contributed by atoms with van der Waals surface area (Å²) < 4.78 is 39.3. The van der Waals surface area contributed by atoms with E-state index in [9.17, 15) is 8.42 Å². The van der Waals surface area contributed by atoms with E-state index in [-0.39, 0.29) is 16.8 Å². The van der Waals surface area contributed by atoms with Crippen LogP contribution in [0.4, 0.5) is 0 Å². The second-order valence-electron chi connectivity index (χ2n) is 5.85. The third kappa shape index (κ3) is 4.76. The molecule has 0 saturated carbocycles. The van der Waals surface area contributed by atoms with Crippen molar-refractivity contribution < 1.29 is 17.9 Å². The van der Waals surface area contributed by atoms with E-state index in [4.69, 9.17) is 21.1 Å². The molecule has 0 spiro atoms. The van der Waals surface area contributed by atoms with Crippen molar-refractivity contribution >= 4 is 33.0 Å². The first-order chi connectivity index (χ1) is 12.5. The van der Waals surface area contributed by atoms with Crippen LogP contribution in [-0.2, 0) is 14.8 Å². The molecule has 1 aliphatic heterocycles. The second-order valence-corrected chi connectivity index (χ2v) is 9.56. The van der Waals surface area contributed by atoms with Gasteiger partial charge < -0.3 is 9.47 Å². The summed E-state index contributed by atoms with van der Waals surface area (Å²) in [6.45, 7) is 3.01. The van der Waals surface area contributed by atoms with Crippen molar-refractivity contribution in [1.82, 2.24) is 9.62 Å². The number of hydrogen-bond acceptors (Lipinski definition) is 6. The van der Waals surface area contributed by atoms with Crippen molar-refractivity contribution in [2.45, 2.75) is 10.3 Å². The van der Waals surface area contributed by atoms with Gasteiger partial charge in [-0.25, -0.2) is 13.1 Å². The smallest absolute Gasteiger partial charge is 0.250 e. The van der Waals surface area contributed by atoms with Crippen LogP contribution in [0.15, 0.2) is 40.6 Å². The fourth-order valence-electron chi connectivity index (χ4n) is 2.90.